The summed E-state index contributed by atoms with van der Waals surface area (Å²) in [5.41, 5.74) is 2.77. The van der Waals surface area contributed by atoms with E-state index >= 15 is 0 Å². The van der Waals surface area contributed by atoms with Crippen LogP contribution in [0.2, 0.25) is 0 Å². The predicted octanol–water partition coefficient (Wildman–Crippen LogP) is 1.25. The number of benzene rings is 2. The minimum Gasteiger partial charge on any atom is -0.0587 e. The minimum atomic E-state index is -0.0167. The van der Waals surface area contributed by atoms with E-state index in [-0.39, 0.29) is 21.2 Å². The third kappa shape index (κ3) is 3.56. The summed E-state index contributed by atoms with van der Waals surface area (Å²) in [4.78, 5) is 0. The molecule has 1 heteroatoms. The van der Waals surface area contributed by atoms with Crippen LogP contribution < -0.4 is 21.2 Å². The van der Waals surface area contributed by atoms with Crippen LogP contribution in [0.1, 0.15) is 30.9 Å². The van der Waals surface area contributed by atoms with Crippen LogP contribution in [0.3, 0.4) is 0 Å². The van der Waals surface area contributed by atoms with Gasteiger partial charge < -0.3 is 0 Å². The van der Waals surface area contributed by atoms with Gasteiger partial charge in [0.2, 0.25) is 0 Å². The molecule has 0 aromatic heterocycles. The number of hydrogen-bond acceptors (Lipinski definition) is 0. The van der Waals surface area contributed by atoms with Gasteiger partial charge in [0.15, 0.2) is 7.14 Å². The zero-order valence-corrected chi connectivity index (χ0v) is 12.7. The van der Waals surface area contributed by atoms with Gasteiger partial charge in [-0.3, -0.25) is 0 Å². The Morgan fingerprint density at radius 1 is 0.765 bits per heavy atom. The molecule has 0 radical (unpaired) electrons. The van der Waals surface area contributed by atoms with Crippen LogP contribution in [0.5, 0.6) is 0 Å². The minimum absolute atomic E-state index is 0.0167. The molecule has 0 unspecified atom stereocenters. The Kier molecular flexibility index (Phi) is 4.21. The Labute approximate surface area is 114 Å². The molecule has 2 rings (SSSR count). The maximum atomic E-state index is 2.29. The number of aryl methyl sites for hydroxylation is 1. The smallest absolute Gasteiger partial charge is 0.0587 e. The van der Waals surface area contributed by atoms with Gasteiger partial charge in [-0.15, -0.1) is 0 Å². The van der Waals surface area contributed by atoms with Crippen molar-refractivity contribution in [3.8, 4) is 0 Å². The largest absolute Gasteiger partial charge is 0.357 e. The van der Waals surface area contributed by atoms with Gasteiger partial charge in [-0.2, -0.15) is 0 Å². The predicted molar refractivity (Wildman–Crippen MR) is 69.1 cm³/mol. The molecule has 0 amide bonds. The molecule has 0 nitrogen and oxygen atoms in total. The highest BCUT2D eigenvalue weighted by molar-refractivity contribution is 5.18. The maximum Gasteiger partial charge on any atom is 0.357 e. The Morgan fingerprint density at radius 3 is 1.71 bits per heavy atom. The van der Waals surface area contributed by atoms with E-state index in [2.05, 4.69) is 69.3 Å². The first-order chi connectivity index (χ1) is 8.15. The molecule has 0 N–H and O–H groups in total. The van der Waals surface area contributed by atoms with Gasteiger partial charge in [0, 0.05) is 0 Å². The molecule has 0 heterocycles. The van der Waals surface area contributed by atoms with E-state index in [1.165, 1.54) is 18.3 Å². The lowest BCUT2D eigenvalue weighted by molar-refractivity contribution is -0.597. The lowest BCUT2D eigenvalue weighted by atomic mass is 10.0. The second kappa shape index (κ2) is 5.67. The third-order valence-electron chi connectivity index (χ3n) is 2.77. The number of hydrogen-bond donors (Lipinski definition) is 0. The van der Waals surface area contributed by atoms with Gasteiger partial charge in [0.1, 0.15) is 0 Å². The highest BCUT2D eigenvalue weighted by atomic mass is 127. The maximum absolute atomic E-state index is 2.29. The van der Waals surface area contributed by atoms with E-state index < -0.39 is 0 Å². The molecular weight excluding hydrogens is 319 g/mol. The fourth-order valence-corrected chi connectivity index (χ4v) is 3.79. The van der Waals surface area contributed by atoms with Gasteiger partial charge in [0.25, 0.3) is 0 Å². The van der Waals surface area contributed by atoms with Crippen molar-refractivity contribution >= 4 is 0 Å². The molecule has 0 aliphatic carbocycles. The van der Waals surface area contributed by atoms with Crippen LogP contribution in [-0.4, -0.2) is 0 Å². The quantitative estimate of drug-likeness (QED) is 0.740. The van der Waals surface area contributed by atoms with Crippen molar-refractivity contribution in [2.45, 2.75) is 26.7 Å². The van der Waals surface area contributed by atoms with E-state index in [1.54, 1.807) is 0 Å². The molecule has 0 spiro atoms. The van der Waals surface area contributed by atoms with Crippen molar-refractivity contribution in [1.82, 2.24) is 0 Å². The average Bonchev–Trinajstić information content (AvgIpc) is 2.33. The molecule has 2 aromatic rings. The Bertz CT molecular complexity index is 466. The zero-order chi connectivity index (χ0) is 12.3. The van der Waals surface area contributed by atoms with Gasteiger partial charge in [-0.05, 0) is 42.7 Å². The standard InChI is InChI=1S/C16H18I/c1-12(2)14-6-10-16(11-7-14)17-15-8-4-13(3)5-9-15/h4-12H,1-3H3/q+1. The molecule has 2 aromatic carbocycles. The topological polar surface area (TPSA) is 0 Å². The van der Waals surface area contributed by atoms with Crippen LogP contribution in [0, 0.1) is 14.1 Å². The van der Waals surface area contributed by atoms with Crippen molar-refractivity contribution in [2.75, 3.05) is 0 Å². The monoisotopic (exact) mass is 337 g/mol. The zero-order valence-electron chi connectivity index (χ0n) is 10.6. The molecule has 0 aliphatic heterocycles. The van der Waals surface area contributed by atoms with Crippen LogP contribution in [0.25, 0.3) is 0 Å². The van der Waals surface area contributed by atoms with Crippen LogP contribution >= 0.6 is 0 Å². The van der Waals surface area contributed by atoms with Gasteiger partial charge >= 0.3 is 21.2 Å². The summed E-state index contributed by atoms with van der Waals surface area (Å²) < 4.78 is 2.99. The Morgan fingerprint density at radius 2 is 1.24 bits per heavy atom. The van der Waals surface area contributed by atoms with E-state index in [9.17, 15) is 0 Å². The molecule has 0 aliphatic rings. The fourth-order valence-electron chi connectivity index (χ4n) is 1.63. The van der Waals surface area contributed by atoms with Crippen molar-refractivity contribution < 1.29 is 21.2 Å². The SMILES string of the molecule is Cc1ccc([I+]c2ccc(C(C)C)cc2)cc1. The molecule has 0 saturated carbocycles. The normalized spacial score (nSPS) is 10.8. The van der Waals surface area contributed by atoms with E-state index in [0.29, 0.717) is 5.92 Å². The Hall–Kier alpha value is -0.830. The number of rotatable bonds is 3. The molecule has 88 valence electrons. The van der Waals surface area contributed by atoms with Crippen molar-refractivity contribution in [2.24, 2.45) is 0 Å². The summed E-state index contributed by atoms with van der Waals surface area (Å²) in [6.45, 7) is 6.62. The summed E-state index contributed by atoms with van der Waals surface area (Å²) in [7, 11) is 0. The molecule has 0 fully saturated rings. The van der Waals surface area contributed by atoms with Crippen LogP contribution in [0.15, 0.2) is 48.5 Å². The van der Waals surface area contributed by atoms with Gasteiger partial charge in [-0.25, -0.2) is 0 Å². The molecular formula is C16H18I+. The average molecular weight is 337 g/mol. The first-order valence-electron chi connectivity index (χ1n) is 5.96. The number of halogens is 1. The second-order valence-electron chi connectivity index (χ2n) is 4.60. The van der Waals surface area contributed by atoms with E-state index in [0.717, 1.165) is 0 Å². The molecule has 0 atom stereocenters. The first kappa shape index (κ1) is 12.6. The highest BCUT2D eigenvalue weighted by Gasteiger charge is 2.14. The molecule has 0 bridgehead atoms. The second-order valence-corrected chi connectivity index (χ2v) is 7.63. The molecule has 0 saturated heterocycles. The van der Waals surface area contributed by atoms with Crippen molar-refractivity contribution in [1.29, 1.82) is 0 Å². The summed E-state index contributed by atoms with van der Waals surface area (Å²) in [6.07, 6.45) is 0. The van der Waals surface area contributed by atoms with Crippen molar-refractivity contribution in [3.63, 3.8) is 0 Å². The summed E-state index contributed by atoms with van der Waals surface area (Å²) in [6, 6.07) is 18.1. The summed E-state index contributed by atoms with van der Waals surface area (Å²) >= 11 is -0.0167. The van der Waals surface area contributed by atoms with Gasteiger partial charge in [-0.1, -0.05) is 43.7 Å². The van der Waals surface area contributed by atoms with Crippen LogP contribution in [-0.2, 0) is 0 Å². The Balaban J connectivity index is 2.11. The van der Waals surface area contributed by atoms with Gasteiger partial charge in [0.05, 0.1) is 0 Å². The highest BCUT2D eigenvalue weighted by Crippen LogP contribution is 2.11. The fraction of sp³-hybridized carbons (Fsp3) is 0.250. The summed E-state index contributed by atoms with van der Waals surface area (Å²) in [5.74, 6) is 0.627. The first-order valence-corrected chi connectivity index (χ1v) is 8.12. The third-order valence-corrected chi connectivity index (χ3v) is 5.45. The van der Waals surface area contributed by atoms with E-state index in [4.69, 9.17) is 0 Å². The van der Waals surface area contributed by atoms with Crippen molar-refractivity contribution in [3.05, 3.63) is 66.8 Å². The lowest BCUT2D eigenvalue weighted by Gasteiger charge is -2.02. The van der Waals surface area contributed by atoms with E-state index in [1.807, 2.05) is 0 Å². The lowest BCUT2D eigenvalue weighted by Crippen LogP contribution is -3.61. The van der Waals surface area contributed by atoms with Crippen LogP contribution in [0.4, 0.5) is 0 Å². The summed E-state index contributed by atoms with van der Waals surface area (Å²) in [5, 5.41) is 0. The molecule has 17 heavy (non-hydrogen) atoms.